The van der Waals surface area contributed by atoms with Crippen molar-refractivity contribution in [3.05, 3.63) is 24.3 Å². The van der Waals surface area contributed by atoms with E-state index in [0.29, 0.717) is 0 Å². The Bertz CT molecular complexity index is 604. The number of fused-ring (bicyclic) bond motifs is 1. The predicted molar refractivity (Wildman–Crippen MR) is 81.6 cm³/mol. The van der Waals surface area contributed by atoms with Crippen LogP contribution < -0.4 is 5.73 Å². The van der Waals surface area contributed by atoms with Crippen LogP contribution in [0, 0.1) is 0 Å². The third-order valence-corrected chi connectivity index (χ3v) is 4.79. The molecule has 2 aromatic rings. The number of rotatable bonds is 3. The summed E-state index contributed by atoms with van der Waals surface area (Å²) < 4.78 is 2.36. The quantitative estimate of drug-likeness (QED) is 0.934. The van der Waals surface area contributed by atoms with Gasteiger partial charge < -0.3 is 10.3 Å². The van der Waals surface area contributed by atoms with Crippen LogP contribution in [0.5, 0.6) is 0 Å². The Labute approximate surface area is 120 Å². The number of hydrogen-bond donors (Lipinski definition) is 1. The number of aryl methyl sites for hydroxylation is 1. The van der Waals surface area contributed by atoms with Gasteiger partial charge in [0.15, 0.2) is 0 Å². The molecule has 0 spiro atoms. The molecule has 0 saturated heterocycles. The van der Waals surface area contributed by atoms with Crippen LogP contribution in [0.2, 0.25) is 0 Å². The van der Waals surface area contributed by atoms with Gasteiger partial charge in [0.05, 0.1) is 11.7 Å². The topological polar surface area (TPSA) is 56.7 Å². The minimum absolute atomic E-state index is 0.00750. The molecule has 4 heteroatoms. The van der Waals surface area contributed by atoms with Gasteiger partial charge in [0.2, 0.25) is 0 Å². The molecular weight excluding hydrogens is 248 g/mol. The fraction of sp³-hybridized carbons (Fsp3) is 0.625. The molecule has 0 radical (unpaired) electrons. The summed E-state index contributed by atoms with van der Waals surface area (Å²) in [6, 6.07) is 2.27. The first-order valence-corrected chi connectivity index (χ1v) is 7.73. The van der Waals surface area contributed by atoms with Crippen molar-refractivity contribution in [3.63, 3.8) is 0 Å². The summed E-state index contributed by atoms with van der Waals surface area (Å²) in [6.45, 7) is 5.50. The molecule has 20 heavy (non-hydrogen) atoms. The van der Waals surface area contributed by atoms with E-state index in [1.807, 2.05) is 12.4 Å². The van der Waals surface area contributed by atoms with Crippen LogP contribution in [0.15, 0.2) is 18.5 Å². The minimum atomic E-state index is -0.00750. The Morgan fingerprint density at radius 1 is 1.45 bits per heavy atom. The molecule has 4 nitrogen and oxygen atoms in total. The maximum atomic E-state index is 6.46. The van der Waals surface area contributed by atoms with Crippen molar-refractivity contribution in [3.8, 4) is 0 Å². The number of nitrogens with two attached hydrogens (primary N) is 1. The zero-order valence-corrected chi connectivity index (χ0v) is 12.5. The van der Waals surface area contributed by atoms with Gasteiger partial charge in [0.25, 0.3) is 0 Å². The standard InChI is InChI=1S/C16H24N4/c1-3-10-20-13-7-9-18-11-12(13)19-15(20)16(2)8-5-4-6-14(16)17/h7,9,11,14H,3-6,8,10,17H2,1-2H3. The van der Waals surface area contributed by atoms with Crippen LogP contribution in [0.1, 0.15) is 51.8 Å². The molecule has 1 fully saturated rings. The summed E-state index contributed by atoms with van der Waals surface area (Å²) in [4.78, 5) is 9.10. The first-order valence-electron chi connectivity index (χ1n) is 7.73. The van der Waals surface area contributed by atoms with Gasteiger partial charge in [0.1, 0.15) is 11.3 Å². The van der Waals surface area contributed by atoms with Crippen molar-refractivity contribution in [2.24, 2.45) is 5.73 Å². The van der Waals surface area contributed by atoms with Gasteiger partial charge in [-0.1, -0.05) is 26.7 Å². The summed E-state index contributed by atoms with van der Waals surface area (Å²) in [5, 5.41) is 0. The van der Waals surface area contributed by atoms with E-state index in [4.69, 9.17) is 10.7 Å². The first kappa shape index (κ1) is 13.6. The van der Waals surface area contributed by atoms with Gasteiger partial charge in [-0.25, -0.2) is 4.98 Å². The Morgan fingerprint density at radius 2 is 2.30 bits per heavy atom. The molecular formula is C16H24N4. The van der Waals surface area contributed by atoms with E-state index >= 15 is 0 Å². The average Bonchev–Trinajstić information content (AvgIpc) is 2.83. The SMILES string of the molecule is CCCn1c(C2(C)CCCCC2N)nc2cnccc21. The van der Waals surface area contributed by atoms with E-state index in [0.717, 1.165) is 37.1 Å². The molecule has 0 bridgehead atoms. The summed E-state index contributed by atoms with van der Waals surface area (Å²) in [7, 11) is 0. The lowest BCUT2D eigenvalue weighted by molar-refractivity contribution is 0.252. The van der Waals surface area contributed by atoms with Crippen LogP contribution in [-0.4, -0.2) is 20.6 Å². The molecule has 1 aliphatic carbocycles. The van der Waals surface area contributed by atoms with Gasteiger partial charge in [-0.3, -0.25) is 4.98 Å². The van der Waals surface area contributed by atoms with Crippen LogP contribution >= 0.6 is 0 Å². The molecule has 2 unspecified atom stereocenters. The van der Waals surface area contributed by atoms with E-state index in [1.54, 1.807) is 0 Å². The Kier molecular flexibility index (Phi) is 3.50. The minimum Gasteiger partial charge on any atom is -0.327 e. The van der Waals surface area contributed by atoms with E-state index in [-0.39, 0.29) is 11.5 Å². The van der Waals surface area contributed by atoms with Crippen molar-refractivity contribution >= 4 is 11.0 Å². The van der Waals surface area contributed by atoms with E-state index in [1.165, 1.54) is 18.4 Å². The molecule has 2 atom stereocenters. The fourth-order valence-corrected chi connectivity index (χ4v) is 3.51. The zero-order chi connectivity index (χ0) is 14.2. The highest BCUT2D eigenvalue weighted by atomic mass is 15.1. The largest absolute Gasteiger partial charge is 0.327 e. The molecule has 0 aromatic carbocycles. The van der Waals surface area contributed by atoms with E-state index in [2.05, 4.69) is 29.5 Å². The third kappa shape index (κ3) is 2.03. The Hall–Kier alpha value is -1.42. The molecule has 3 rings (SSSR count). The van der Waals surface area contributed by atoms with Gasteiger partial charge in [-0.05, 0) is 25.3 Å². The molecule has 1 aliphatic rings. The number of pyridine rings is 1. The molecule has 1 saturated carbocycles. The second kappa shape index (κ2) is 5.17. The second-order valence-electron chi connectivity index (χ2n) is 6.22. The number of imidazole rings is 1. The summed E-state index contributed by atoms with van der Waals surface area (Å²) in [5.41, 5.74) is 8.64. The molecule has 2 N–H and O–H groups in total. The third-order valence-electron chi connectivity index (χ3n) is 4.79. The fourth-order valence-electron chi connectivity index (χ4n) is 3.51. The lowest BCUT2D eigenvalue weighted by Crippen LogP contribution is -2.47. The van der Waals surface area contributed by atoms with Crippen LogP contribution in [0.3, 0.4) is 0 Å². The highest BCUT2D eigenvalue weighted by Crippen LogP contribution is 2.39. The van der Waals surface area contributed by atoms with Gasteiger partial charge >= 0.3 is 0 Å². The Balaban J connectivity index is 2.16. The molecule has 0 amide bonds. The monoisotopic (exact) mass is 272 g/mol. The normalized spacial score (nSPS) is 27.1. The molecule has 2 heterocycles. The molecule has 0 aliphatic heterocycles. The van der Waals surface area contributed by atoms with Crippen LogP contribution in [0.4, 0.5) is 0 Å². The van der Waals surface area contributed by atoms with Crippen molar-refractivity contribution in [2.75, 3.05) is 0 Å². The molecule has 2 aromatic heterocycles. The van der Waals surface area contributed by atoms with Crippen LogP contribution in [0.25, 0.3) is 11.0 Å². The first-order chi connectivity index (χ1) is 9.66. The maximum absolute atomic E-state index is 6.46. The highest BCUT2D eigenvalue weighted by Gasteiger charge is 2.39. The lowest BCUT2D eigenvalue weighted by Gasteiger charge is -2.39. The predicted octanol–water partition coefficient (Wildman–Crippen LogP) is 3.00. The van der Waals surface area contributed by atoms with E-state index < -0.39 is 0 Å². The van der Waals surface area contributed by atoms with Crippen molar-refractivity contribution in [2.45, 2.75) is 64.0 Å². The maximum Gasteiger partial charge on any atom is 0.117 e. The van der Waals surface area contributed by atoms with Gasteiger partial charge in [0, 0.05) is 24.2 Å². The highest BCUT2D eigenvalue weighted by molar-refractivity contribution is 5.75. The number of nitrogens with zero attached hydrogens (tertiary/aromatic N) is 3. The molecule has 108 valence electrons. The smallest absolute Gasteiger partial charge is 0.117 e. The van der Waals surface area contributed by atoms with Crippen molar-refractivity contribution in [1.82, 2.24) is 14.5 Å². The lowest BCUT2D eigenvalue weighted by atomic mass is 9.71. The number of aromatic nitrogens is 3. The number of hydrogen-bond acceptors (Lipinski definition) is 3. The summed E-state index contributed by atoms with van der Waals surface area (Å²) in [6.07, 6.45) is 9.54. The zero-order valence-electron chi connectivity index (χ0n) is 12.5. The second-order valence-corrected chi connectivity index (χ2v) is 6.22. The Morgan fingerprint density at radius 3 is 3.05 bits per heavy atom. The van der Waals surface area contributed by atoms with Crippen molar-refractivity contribution in [1.29, 1.82) is 0 Å². The van der Waals surface area contributed by atoms with Gasteiger partial charge in [-0.2, -0.15) is 0 Å². The summed E-state index contributed by atoms with van der Waals surface area (Å²) >= 11 is 0. The van der Waals surface area contributed by atoms with E-state index in [9.17, 15) is 0 Å². The van der Waals surface area contributed by atoms with Gasteiger partial charge in [-0.15, -0.1) is 0 Å². The van der Waals surface area contributed by atoms with Crippen molar-refractivity contribution < 1.29 is 0 Å². The average molecular weight is 272 g/mol. The van der Waals surface area contributed by atoms with Crippen LogP contribution in [-0.2, 0) is 12.0 Å². The summed E-state index contributed by atoms with van der Waals surface area (Å²) in [5.74, 6) is 1.16.